The van der Waals surface area contributed by atoms with Crippen molar-refractivity contribution in [3.63, 3.8) is 0 Å². The highest BCUT2D eigenvalue weighted by Crippen LogP contribution is 2.27. The van der Waals surface area contributed by atoms with Gasteiger partial charge < -0.3 is 4.55 Å². The van der Waals surface area contributed by atoms with Crippen molar-refractivity contribution in [1.29, 1.82) is 0 Å². The highest BCUT2D eigenvalue weighted by Gasteiger charge is 2.32. The lowest BCUT2D eigenvalue weighted by Crippen LogP contribution is -2.36. The largest absolute Gasteiger partial charge is 0.748 e. The van der Waals surface area contributed by atoms with Gasteiger partial charge in [0.1, 0.15) is 10.1 Å². The number of halogens is 3. The van der Waals surface area contributed by atoms with Gasteiger partial charge in [-0.15, -0.1) is 0 Å². The summed E-state index contributed by atoms with van der Waals surface area (Å²) in [5.41, 5.74) is -0.318. The van der Waals surface area contributed by atoms with Gasteiger partial charge in [-0.05, 0) is 0 Å². The van der Waals surface area contributed by atoms with Crippen LogP contribution in [0.3, 0.4) is 0 Å². The third-order valence-electron chi connectivity index (χ3n) is 2.73. The minimum Gasteiger partial charge on any atom is -0.748 e. The van der Waals surface area contributed by atoms with Gasteiger partial charge in [0, 0.05) is 17.7 Å². The van der Waals surface area contributed by atoms with Crippen molar-refractivity contribution < 1.29 is 30.7 Å². The maximum Gasteiger partial charge on any atom is 0.434 e. The molecule has 0 aromatic carbocycles. The molecule has 22 heavy (non-hydrogen) atoms. The van der Waals surface area contributed by atoms with Gasteiger partial charge >= 0.3 is 6.18 Å². The molecule has 2 aromatic rings. The van der Waals surface area contributed by atoms with Crippen LogP contribution in [0.25, 0.3) is 11.3 Å². The normalized spacial score (nSPS) is 12.4. The first-order chi connectivity index (χ1) is 10.1. The summed E-state index contributed by atoms with van der Waals surface area (Å²) >= 11 is 0. The Labute approximate surface area is 124 Å². The molecule has 2 heterocycles. The molecule has 0 fully saturated rings. The molecule has 2 aromatic heterocycles. The molecule has 0 aliphatic carbocycles. The van der Waals surface area contributed by atoms with Crippen LogP contribution in [0.2, 0.25) is 0 Å². The van der Waals surface area contributed by atoms with E-state index in [-0.39, 0.29) is 12.2 Å². The second-order valence-electron chi connectivity index (χ2n) is 4.37. The van der Waals surface area contributed by atoms with E-state index in [1.165, 1.54) is 29.1 Å². The number of alkyl halides is 3. The fraction of sp³-hybridized carbons (Fsp3) is 0.250. The number of nitrogens with zero attached hydrogens (tertiary/aromatic N) is 3. The van der Waals surface area contributed by atoms with Crippen LogP contribution in [-0.4, -0.2) is 28.7 Å². The van der Waals surface area contributed by atoms with Crippen LogP contribution in [0, 0.1) is 0 Å². The van der Waals surface area contributed by atoms with Gasteiger partial charge in [-0.25, -0.2) is 18.0 Å². The molecule has 10 heteroatoms. The molecule has 0 saturated heterocycles. The van der Waals surface area contributed by atoms with Crippen molar-refractivity contribution in [2.24, 2.45) is 0 Å². The smallest absolute Gasteiger partial charge is 0.434 e. The zero-order valence-corrected chi connectivity index (χ0v) is 11.8. The van der Waals surface area contributed by atoms with Gasteiger partial charge in [0.25, 0.3) is 0 Å². The predicted octanol–water partition coefficient (Wildman–Crippen LogP) is 0.995. The Morgan fingerprint density at radius 3 is 2.23 bits per heavy atom. The molecule has 0 bridgehead atoms. The third kappa shape index (κ3) is 4.46. The number of rotatable bonds is 4. The third-order valence-corrected chi connectivity index (χ3v) is 3.41. The molecular weight excluding hydrogens is 323 g/mol. The molecule has 0 atom stereocenters. The molecule has 0 aliphatic rings. The summed E-state index contributed by atoms with van der Waals surface area (Å²) in [5, 5.41) is 0. The van der Waals surface area contributed by atoms with Gasteiger partial charge in [-0.3, -0.25) is 4.98 Å². The Morgan fingerprint density at radius 2 is 1.77 bits per heavy atom. The Morgan fingerprint density at radius 1 is 1.14 bits per heavy atom. The second-order valence-corrected chi connectivity index (χ2v) is 5.89. The van der Waals surface area contributed by atoms with Crippen molar-refractivity contribution in [2.75, 3.05) is 5.75 Å². The minimum atomic E-state index is -4.55. The first-order valence-corrected chi connectivity index (χ1v) is 7.55. The predicted molar refractivity (Wildman–Crippen MR) is 67.2 cm³/mol. The molecule has 2 rings (SSSR count). The van der Waals surface area contributed by atoms with Crippen LogP contribution in [0.5, 0.6) is 0 Å². The zero-order chi connectivity index (χ0) is 16.4. The first kappa shape index (κ1) is 16.3. The molecule has 0 aliphatic heterocycles. The van der Waals surface area contributed by atoms with Crippen molar-refractivity contribution in [2.45, 2.75) is 12.7 Å². The van der Waals surface area contributed by atoms with Gasteiger partial charge in [-0.1, -0.05) is 0 Å². The van der Waals surface area contributed by atoms with E-state index in [1.54, 1.807) is 0 Å². The number of hydrogen-bond donors (Lipinski definition) is 0. The summed E-state index contributed by atoms with van der Waals surface area (Å²) in [5.74, 6) is -0.545. The lowest BCUT2D eigenvalue weighted by molar-refractivity contribution is -0.692. The van der Waals surface area contributed by atoms with Gasteiger partial charge in [0.2, 0.25) is 0 Å². The zero-order valence-electron chi connectivity index (χ0n) is 11.0. The highest BCUT2D eigenvalue weighted by atomic mass is 32.2. The van der Waals surface area contributed by atoms with Gasteiger partial charge in [0.05, 0.1) is 23.8 Å². The number of hydrogen-bond acceptors (Lipinski definition) is 5. The molecule has 0 unspecified atom stereocenters. The Kier molecular flexibility index (Phi) is 4.42. The van der Waals surface area contributed by atoms with Gasteiger partial charge in [0.15, 0.2) is 24.6 Å². The Hall–Kier alpha value is -2.07. The molecule has 0 saturated carbocycles. The van der Waals surface area contributed by atoms with Crippen LogP contribution in [0.1, 0.15) is 5.69 Å². The van der Waals surface area contributed by atoms with E-state index in [0.29, 0.717) is 11.8 Å². The molecule has 0 N–H and O–H groups in total. The van der Waals surface area contributed by atoms with E-state index in [4.69, 9.17) is 0 Å². The molecule has 6 nitrogen and oxygen atoms in total. The summed E-state index contributed by atoms with van der Waals surface area (Å²) in [4.78, 5) is 7.00. The van der Waals surface area contributed by atoms with Crippen LogP contribution in [-0.2, 0) is 22.8 Å². The van der Waals surface area contributed by atoms with Crippen LogP contribution < -0.4 is 4.57 Å². The quantitative estimate of drug-likeness (QED) is 0.615. The van der Waals surface area contributed by atoms with E-state index < -0.39 is 27.7 Å². The highest BCUT2D eigenvalue weighted by molar-refractivity contribution is 7.85. The van der Waals surface area contributed by atoms with E-state index in [0.717, 1.165) is 6.20 Å². The van der Waals surface area contributed by atoms with E-state index in [9.17, 15) is 26.1 Å². The van der Waals surface area contributed by atoms with Gasteiger partial charge in [-0.2, -0.15) is 13.2 Å². The van der Waals surface area contributed by atoms with Crippen LogP contribution in [0.15, 0.2) is 36.9 Å². The summed E-state index contributed by atoms with van der Waals surface area (Å²) in [6.07, 6.45) is 0.0970. The van der Waals surface area contributed by atoms with E-state index in [1.807, 2.05) is 0 Å². The van der Waals surface area contributed by atoms with Crippen LogP contribution in [0.4, 0.5) is 13.2 Å². The van der Waals surface area contributed by atoms with E-state index in [2.05, 4.69) is 9.97 Å². The summed E-state index contributed by atoms with van der Waals surface area (Å²) in [6.45, 7) is -0.00912. The van der Waals surface area contributed by atoms with Crippen molar-refractivity contribution in [1.82, 2.24) is 9.97 Å². The maximum atomic E-state index is 12.4. The lowest BCUT2D eigenvalue weighted by Gasteiger charge is -2.06. The Balaban J connectivity index is 2.13. The van der Waals surface area contributed by atoms with Crippen molar-refractivity contribution in [3.8, 4) is 11.3 Å². The first-order valence-electron chi connectivity index (χ1n) is 5.97. The van der Waals surface area contributed by atoms with Crippen LogP contribution >= 0.6 is 0 Å². The molecular formula is C12H10F3N3O3S. The number of aromatic nitrogens is 3. The minimum absolute atomic E-state index is 0.00912. The topological polar surface area (TPSA) is 86.9 Å². The molecule has 0 spiro atoms. The average molecular weight is 333 g/mol. The fourth-order valence-corrected chi connectivity index (χ4v) is 2.05. The molecule has 0 amide bonds. The summed E-state index contributed by atoms with van der Waals surface area (Å²) in [6, 6.07) is 3.07. The van der Waals surface area contributed by atoms with E-state index >= 15 is 0 Å². The summed E-state index contributed by atoms with van der Waals surface area (Å²) in [7, 11) is -4.30. The number of aryl methyl sites for hydroxylation is 1. The van der Waals surface area contributed by atoms with Crippen molar-refractivity contribution >= 4 is 10.1 Å². The maximum absolute atomic E-state index is 12.4. The SMILES string of the molecule is O=S(=O)([O-])CC[n+]1ccc(-c2cnc(C(F)(F)F)cn2)cc1. The lowest BCUT2D eigenvalue weighted by atomic mass is 10.2. The standard InChI is InChI=1S/C12H10F3N3O3S/c13-12(14,15)11-8-16-10(7-17-11)9-1-3-18(4-2-9)5-6-22(19,20)21/h1-4,7-8H,5-6H2. The van der Waals surface area contributed by atoms with Crippen molar-refractivity contribution in [3.05, 3.63) is 42.6 Å². The summed E-state index contributed by atoms with van der Waals surface area (Å²) < 4.78 is 70.2. The molecule has 0 radical (unpaired) electrons. The fourth-order valence-electron chi connectivity index (χ4n) is 1.62. The molecule has 118 valence electrons. The average Bonchev–Trinajstić information content (AvgIpc) is 2.44. The number of pyridine rings is 1. The second kappa shape index (κ2) is 5.97. The Bertz CT molecular complexity index is 744. The monoisotopic (exact) mass is 333 g/mol.